The Labute approximate surface area is 65.3 Å². The lowest BCUT2D eigenvalue weighted by atomic mass is 10.3. The molecule has 0 saturated carbocycles. The summed E-state index contributed by atoms with van der Waals surface area (Å²) in [5, 5.41) is 8.47. The van der Waals surface area contributed by atoms with Crippen LogP contribution in [0.2, 0.25) is 0 Å². The fraction of sp³-hybridized carbons (Fsp3) is 0.571. The zero-order valence-corrected chi connectivity index (χ0v) is 6.23. The Morgan fingerprint density at radius 1 is 1.82 bits per heavy atom. The monoisotopic (exact) mass is 156 g/mol. The average Bonchev–Trinajstić information content (AvgIpc) is 2.39. The maximum absolute atomic E-state index is 10.3. The van der Waals surface area contributed by atoms with Crippen LogP contribution in [0.5, 0.6) is 0 Å². The molecule has 0 fully saturated rings. The van der Waals surface area contributed by atoms with Gasteiger partial charge >= 0.3 is 5.97 Å². The van der Waals surface area contributed by atoms with Crippen LogP contribution in [0, 0.1) is 0 Å². The normalized spacial score (nSPS) is 18.8. The van der Waals surface area contributed by atoms with E-state index < -0.39 is 12.0 Å². The lowest BCUT2D eigenvalue weighted by Gasteiger charge is -2.17. The predicted molar refractivity (Wildman–Crippen MR) is 40.9 cm³/mol. The van der Waals surface area contributed by atoms with Gasteiger partial charge in [-0.15, -0.1) is 0 Å². The van der Waals surface area contributed by atoms with Gasteiger partial charge < -0.3 is 15.7 Å². The highest BCUT2D eigenvalue weighted by molar-refractivity contribution is 5.73. The van der Waals surface area contributed by atoms with Crippen molar-refractivity contribution < 1.29 is 9.90 Å². The zero-order valence-electron chi connectivity index (χ0n) is 6.23. The molecule has 1 heterocycles. The lowest BCUT2D eigenvalue weighted by Crippen LogP contribution is -2.40. The Bertz CT molecular complexity index is 179. The Morgan fingerprint density at radius 2 is 2.55 bits per heavy atom. The maximum atomic E-state index is 10.3. The second kappa shape index (κ2) is 3.39. The van der Waals surface area contributed by atoms with Gasteiger partial charge in [0.2, 0.25) is 0 Å². The summed E-state index contributed by atoms with van der Waals surface area (Å²) in [6.45, 7) is 1.30. The average molecular weight is 156 g/mol. The molecular formula is C7H12N2O2. The van der Waals surface area contributed by atoms with Crippen LogP contribution in [0.1, 0.15) is 6.42 Å². The fourth-order valence-corrected chi connectivity index (χ4v) is 1.02. The number of nitrogens with two attached hydrogens (primary N) is 1. The van der Waals surface area contributed by atoms with Crippen LogP contribution in [-0.4, -0.2) is 35.1 Å². The highest BCUT2D eigenvalue weighted by Crippen LogP contribution is 2.03. The molecule has 4 nitrogen and oxygen atoms in total. The van der Waals surface area contributed by atoms with Crippen LogP contribution in [-0.2, 0) is 4.79 Å². The van der Waals surface area contributed by atoms with Crippen molar-refractivity contribution in [3.63, 3.8) is 0 Å². The van der Waals surface area contributed by atoms with Gasteiger partial charge in [0.25, 0.3) is 0 Å². The maximum Gasteiger partial charge on any atom is 0.322 e. The van der Waals surface area contributed by atoms with E-state index in [9.17, 15) is 4.79 Å². The Balaban J connectivity index is 2.29. The Hall–Kier alpha value is -1.03. The van der Waals surface area contributed by atoms with Crippen molar-refractivity contribution in [3.05, 3.63) is 12.3 Å². The first-order valence-corrected chi connectivity index (χ1v) is 3.59. The van der Waals surface area contributed by atoms with Crippen molar-refractivity contribution in [2.24, 2.45) is 5.73 Å². The highest BCUT2D eigenvalue weighted by Gasteiger charge is 2.15. The number of hydrogen-bond acceptors (Lipinski definition) is 3. The van der Waals surface area contributed by atoms with E-state index in [1.54, 1.807) is 0 Å². The molecule has 11 heavy (non-hydrogen) atoms. The molecule has 0 aromatic carbocycles. The number of carboxylic acid groups (broad SMARTS) is 1. The van der Waals surface area contributed by atoms with Crippen molar-refractivity contribution in [1.82, 2.24) is 4.90 Å². The number of carboxylic acids is 1. The molecule has 0 aliphatic carbocycles. The lowest BCUT2D eigenvalue weighted by molar-refractivity contribution is -0.138. The topological polar surface area (TPSA) is 66.6 Å². The van der Waals surface area contributed by atoms with Gasteiger partial charge in [0.05, 0.1) is 0 Å². The molecule has 1 rings (SSSR count). The van der Waals surface area contributed by atoms with Gasteiger partial charge in [-0.05, 0) is 12.6 Å². The van der Waals surface area contributed by atoms with Crippen molar-refractivity contribution in [1.29, 1.82) is 0 Å². The predicted octanol–water partition coefficient (Wildman–Crippen LogP) is -0.382. The van der Waals surface area contributed by atoms with E-state index in [0.717, 1.165) is 13.0 Å². The molecule has 0 spiro atoms. The number of hydrogen-bond donors (Lipinski definition) is 2. The molecule has 1 unspecified atom stereocenters. The summed E-state index contributed by atoms with van der Waals surface area (Å²) in [5.41, 5.74) is 5.32. The third-order valence-electron chi connectivity index (χ3n) is 1.65. The quantitative estimate of drug-likeness (QED) is 0.584. The molecule has 1 aliphatic heterocycles. The van der Waals surface area contributed by atoms with E-state index in [-0.39, 0.29) is 0 Å². The number of carbonyl (C=O) groups is 1. The molecule has 1 aliphatic rings. The molecule has 3 N–H and O–H groups in total. The second-order valence-corrected chi connectivity index (χ2v) is 2.61. The van der Waals surface area contributed by atoms with E-state index >= 15 is 0 Å². The second-order valence-electron chi connectivity index (χ2n) is 2.61. The van der Waals surface area contributed by atoms with Crippen LogP contribution in [0.15, 0.2) is 12.3 Å². The summed E-state index contributed by atoms with van der Waals surface area (Å²) in [7, 11) is 0. The standard InChI is InChI=1S/C7H12N2O2/c8-6(7(10)11)5-9-3-1-2-4-9/h1,3,6H,2,4-5,8H2,(H,10,11). The van der Waals surface area contributed by atoms with Crippen LogP contribution < -0.4 is 5.73 Å². The molecule has 0 saturated heterocycles. The summed E-state index contributed by atoms with van der Waals surface area (Å²) >= 11 is 0. The van der Waals surface area contributed by atoms with Gasteiger partial charge in [-0.3, -0.25) is 4.79 Å². The van der Waals surface area contributed by atoms with Crippen molar-refractivity contribution >= 4 is 5.97 Å². The first-order chi connectivity index (χ1) is 5.20. The molecule has 62 valence electrons. The summed E-state index contributed by atoms with van der Waals surface area (Å²) < 4.78 is 0. The molecule has 0 bridgehead atoms. The van der Waals surface area contributed by atoms with Crippen molar-refractivity contribution in [2.45, 2.75) is 12.5 Å². The van der Waals surface area contributed by atoms with E-state index in [1.165, 1.54) is 0 Å². The first-order valence-electron chi connectivity index (χ1n) is 3.59. The smallest absolute Gasteiger partial charge is 0.322 e. The molecular weight excluding hydrogens is 144 g/mol. The summed E-state index contributed by atoms with van der Waals surface area (Å²) in [6, 6.07) is -0.766. The third kappa shape index (κ3) is 2.23. The van der Waals surface area contributed by atoms with Gasteiger partial charge in [-0.1, -0.05) is 6.08 Å². The molecule has 0 aromatic rings. The molecule has 0 aromatic heterocycles. The fourth-order valence-electron chi connectivity index (χ4n) is 1.02. The minimum absolute atomic E-state index is 0.409. The van der Waals surface area contributed by atoms with Gasteiger partial charge in [-0.2, -0.15) is 0 Å². The third-order valence-corrected chi connectivity index (χ3v) is 1.65. The summed E-state index contributed by atoms with van der Waals surface area (Å²) in [4.78, 5) is 12.2. The number of nitrogens with zero attached hydrogens (tertiary/aromatic N) is 1. The van der Waals surface area contributed by atoms with E-state index in [0.29, 0.717) is 6.54 Å². The van der Waals surface area contributed by atoms with Crippen LogP contribution in [0.25, 0.3) is 0 Å². The largest absolute Gasteiger partial charge is 0.480 e. The molecule has 1 atom stereocenters. The number of rotatable bonds is 3. The van der Waals surface area contributed by atoms with Gasteiger partial charge in [0, 0.05) is 13.1 Å². The minimum atomic E-state index is -0.940. The molecule has 0 amide bonds. The SMILES string of the molecule is NC(CN1C=CCC1)C(=O)O. The van der Waals surface area contributed by atoms with E-state index in [4.69, 9.17) is 10.8 Å². The van der Waals surface area contributed by atoms with E-state index in [1.807, 2.05) is 17.2 Å². The first kappa shape index (κ1) is 8.07. The Kier molecular flexibility index (Phi) is 2.48. The molecule has 4 heteroatoms. The van der Waals surface area contributed by atoms with Crippen molar-refractivity contribution in [3.8, 4) is 0 Å². The minimum Gasteiger partial charge on any atom is -0.480 e. The highest BCUT2D eigenvalue weighted by atomic mass is 16.4. The van der Waals surface area contributed by atoms with Crippen LogP contribution in [0.4, 0.5) is 0 Å². The van der Waals surface area contributed by atoms with Crippen LogP contribution >= 0.6 is 0 Å². The van der Waals surface area contributed by atoms with Crippen molar-refractivity contribution in [2.75, 3.05) is 13.1 Å². The van der Waals surface area contributed by atoms with E-state index in [2.05, 4.69) is 0 Å². The van der Waals surface area contributed by atoms with Gasteiger partial charge in [0.1, 0.15) is 6.04 Å². The molecule has 0 radical (unpaired) electrons. The van der Waals surface area contributed by atoms with Gasteiger partial charge in [0.15, 0.2) is 0 Å². The summed E-state index contributed by atoms with van der Waals surface area (Å²) in [5.74, 6) is -0.940. The number of aliphatic carboxylic acids is 1. The van der Waals surface area contributed by atoms with Gasteiger partial charge in [-0.25, -0.2) is 0 Å². The Morgan fingerprint density at radius 3 is 3.00 bits per heavy atom. The van der Waals surface area contributed by atoms with Crippen LogP contribution in [0.3, 0.4) is 0 Å². The summed E-state index contributed by atoms with van der Waals surface area (Å²) in [6.07, 6.45) is 4.89. The zero-order chi connectivity index (χ0) is 8.27.